The van der Waals surface area contributed by atoms with Gasteiger partial charge in [0.15, 0.2) is 6.20 Å². The SMILES string of the molecule is C[C@@H]1CCCC[C@H]1NC(=O)CSc1cccc[n+]1[O-]. The first-order chi connectivity index (χ1) is 9.16. The van der Waals surface area contributed by atoms with E-state index in [-0.39, 0.29) is 5.91 Å². The number of carbonyl (C=O) groups excluding carboxylic acids is 1. The second kappa shape index (κ2) is 6.80. The van der Waals surface area contributed by atoms with E-state index in [1.807, 2.05) is 0 Å². The van der Waals surface area contributed by atoms with Crippen LogP contribution in [0.25, 0.3) is 0 Å². The van der Waals surface area contributed by atoms with Crippen LogP contribution in [0.5, 0.6) is 0 Å². The van der Waals surface area contributed by atoms with Gasteiger partial charge in [-0.25, -0.2) is 0 Å². The van der Waals surface area contributed by atoms with Gasteiger partial charge < -0.3 is 10.5 Å². The fourth-order valence-electron chi connectivity index (χ4n) is 2.44. The lowest BCUT2D eigenvalue weighted by Gasteiger charge is -2.29. The fraction of sp³-hybridized carbons (Fsp3) is 0.571. The normalized spacial score (nSPS) is 23.0. The molecule has 2 atom stereocenters. The summed E-state index contributed by atoms with van der Waals surface area (Å²) in [6, 6.07) is 5.52. The molecule has 0 radical (unpaired) electrons. The minimum absolute atomic E-state index is 0.0209. The van der Waals surface area contributed by atoms with E-state index in [0.29, 0.717) is 22.7 Å². The second-order valence-corrected chi connectivity index (χ2v) is 6.08. The third kappa shape index (κ3) is 4.13. The van der Waals surface area contributed by atoms with E-state index in [0.717, 1.165) is 11.2 Å². The van der Waals surface area contributed by atoms with Crippen molar-refractivity contribution in [2.45, 2.75) is 43.7 Å². The van der Waals surface area contributed by atoms with Crippen molar-refractivity contribution in [2.24, 2.45) is 5.92 Å². The Balaban J connectivity index is 1.80. The van der Waals surface area contributed by atoms with Gasteiger partial charge in [0.05, 0.1) is 5.75 Å². The van der Waals surface area contributed by atoms with Gasteiger partial charge in [-0.3, -0.25) is 4.79 Å². The molecule has 1 aromatic heterocycles. The van der Waals surface area contributed by atoms with Crippen molar-refractivity contribution in [3.8, 4) is 0 Å². The molecule has 1 aliphatic carbocycles. The lowest BCUT2D eigenvalue weighted by molar-refractivity contribution is -0.645. The number of carbonyl (C=O) groups is 1. The van der Waals surface area contributed by atoms with E-state index in [1.165, 1.54) is 37.2 Å². The van der Waals surface area contributed by atoms with Crippen molar-refractivity contribution < 1.29 is 9.52 Å². The van der Waals surface area contributed by atoms with Gasteiger partial charge >= 0.3 is 0 Å². The van der Waals surface area contributed by atoms with Crippen LogP contribution in [0.2, 0.25) is 0 Å². The molecule has 0 saturated heterocycles. The number of rotatable bonds is 4. The topological polar surface area (TPSA) is 56.0 Å². The molecule has 19 heavy (non-hydrogen) atoms. The molecule has 4 nitrogen and oxygen atoms in total. The number of aromatic nitrogens is 1. The van der Waals surface area contributed by atoms with Gasteiger partial charge in [-0.05, 0) is 36.6 Å². The van der Waals surface area contributed by atoms with Gasteiger partial charge in [-0.15, -0.1) is 0 Å². The molecule has 1 amide bonds. The van der Waals surface area contributed by atoms with E-state index >= 15 is 0 Å². The highest BCUT2D eigenvalue weighted by Gasteiger charge is 2.22. The summed E-state index contributed by atoms with van der Waals surface area (Å²) in [7, 11) is 0. The highest BCUT2D eigenvalue weighted by atomic mass is 32.2. The first-order valence-electron chi connectivity index (χ1n) is 6.77. The number of amides is 1. The van der Waals surface area contributed by atoms with Gasteiger partial charge in [-0.2, -0.15) is 4.73 Å². The van der Waals surface area contributed by atoms with Crippen LogP contribution in [0.1, 0.15) is 32.6 Å². The zero-order valence-electron chi connectivity index (χ0n) is 11.2. The molecule has 5 heteroatoms. The summed E-state index contributed by atoms with van der Waals surface area (Å²) < 4.78 is 0.793. The van der Waals surface area contributed by atoms with Crippen molar-refractivity contribution in [2.75, 3.05) is 5.75 Å². The molecule has 0 spiro atoms. The summed E-state index contributed by atoms with van der Waals surface area (Å²) in [6.07, 6.45) is 6.18. The Labute approximate surface area is 118 Å². The Kier molecular flexibility index (Phi) is 5.07. The average molecular weight is 280 g/mol. The number of hydrogen-bond donors (Lipinski definition) is 1. The summed E-state index contributed by atoms with van der Waals surface area (Å²) in [5, 5.41) is 15.1. The molecule has 1 aliphatic rings. The monoisotopic (exact) mass is 280 g/mol. The highest BCUT2D eigenvalue weighted by molar-refractivity contribution is 7.99. The Morgan fingerprint density at radius 3 is 3.00 bits per heavy atom. The van der Waals surface area contributed by atoms with Crippen LogP contribution in [0.4, 0.5) is 0 Å². The smallest absolute Gasteiger partial charge is 0.251 e. The van der Waals surface area contributed by atoms with E-state index in [4.69, 9.17) is 0 Å². The number of pyridine rings is 1. The quantitative estimate of drug-likeness (QED) is 0.522. The molecule has 0 bridgehead atoms. The van der Waals surface area contributed by atoms with E-state index in [1.54, 1.807) is 18.2 Å². The third-order valence-corrected chi connectivity index (χ3v) is 4.62. The first kappa shape index (κ1) is 14.2. The van der Waals surface area contributed by atoms with E-state index in [2.05, 4.69) is 12.2 Å². The van der Waals surface area contributed by atoms with Gasteiger partial charge in [0, 0.05) is 18.2 Å². The molecule has 0 unspecified atom stereocenters. The zero-order chi connectivity index (χ0) is 13.7. The lowest BCUT2D eigenvalue weighted by Crippen LogP contribution is -2.42. The largest absolute Gasteiger partial charge is 0.618 e. The van der Waals surface area contributed by atoms with Crippen LogP contribution >= 0.6 is 11.8 Å². The predicted octanol–water partition coefficient (Wildman–Crippen LogP) is 2.11. The summed E-state index contributed by atoms with van der Waals surface area (Å²) in [5.74, 6) is 0.881. The fourth-order valence-corrected chi connectivity index (χ4v) is 3.17. The Morgan fingerprint density at radius 1 is 1.47 bits per heavy atom. The number of nitrogens with zero attached hydrogens (tertiary/aromatic N) is 1. The number of hydrogen-bond acceptors (Lipinski definition) is 3. The van der Waals surface area contributed by atoms with Crippen molar-refractivity contribution in [1.82, 2.24) is 5.32 Å². The number of thioether (sulfide) groups is 1. The summed E-state index contributed by atoms with van der Waals surface area (Å²) in [6.45, 7) is 2.19. The van der Waals surface area contributed by atoms with Crippen LogP contribution in [0.3, 0.4) is 0 Å². The molecule has 1 N–H and O–H groups in total. The predicted molar refractivity (Wildman–Crippen MR) is 75.7 cm³/mol. The Morgan fingerprint density at radius 2 is 2.26 bits per heavy atom. The summed E-state index contributed by atoms with van der Waals surface area (Å²) >= 11 is 1.28. The van der Waals surface area contributed by atoms with E-state index in [9.17, 15) is 10.0 Å². The molecule has 0 aromatic carbocycles. The van der Waals surface area contributed by atoms with Crippen LogP contribution < -0.4 is 10.0 Å². The number of nitrogens with one attached hydrogen (secondary N) is 1. The zero-order valence-corrected chi connectivity index (χ0v) is 12.0. The summed E-state index contributed by atoms with van der Waals surface area (Å²) in [4.78, 5) is 11.9. The molecular formula is C14H20N2O2S. The van der Waals surface area contributed by atoms with Crippen molar-refractivity contribution >= 4 is 17.7 Å². The van der Waals surface area contributed by atoms with Gasteiger partial charge in [-0.1, -0.05) is 19.8 Å². The van der Waals surface area contributed by atoms with Crippen molar-refractivity contribution in [3.63, 3.8) is 0 Å². The molecule has 104 valence electrons. The Bertz CT molecular complexity index is 439. The maximum absolute atomic E-state index is 11.9. The maximum Gasteiger partial charge on any atom is 0.251 e. The molecule has 1 saturated carbocycles. The third-order valence-electron chi connectivity index (χ3n) is 3.60. The van der Waals surface area contributed by atoms with Crippen molar-refractivity contribution in [3.05, 3.63) is 29.6 Å². The minimum atomic E-state index is 0.0209. The van der Waals surface area contributed by atoms with Crippen LogP contribution in [0.15, 0.2) is 29.4 Å². The molecular weight excluding hydrogens is 260 g/mol. The minimum Gasteiger partial charge on any atom is -0.618 e. The van der Waals surface area contributed by atoms with E-state index < -0.39 is 0 Å². The van der Waals surface area contributed by atoms with Gasteiger partial charge in [0.2, 0.25) is 5.91 Å². The first-order valence-corrected chi connectivity index (χ1v) is 7.75. The molecule has 1 heterocycles. The Hall–Kier alpha value is -1.23. The lowest BCUT2D eigenvalue weighted by atomic mass is 9.86. The summed E-state index contributed by atoms with van der Waals surface area (Å²) in [5.41, 5.74) is 0. The van der Waals surface area contributed by atoms with Crippen LogP contribution in [-0.4, -0.2) is 17.7 Å². The van der Waals surface area contributed by atoms with Crippen LogP contribution in [0, 0.1) is 11.1 Å². The standard InChI is InChI=1S/C14H20N2O2S/c1-11-6-2-3-7-12(11)15-13(17)10-19-14-8-4-5-9-16(14)18/h4-5,8-9,11-12H,2-3,6-7,10H2,1H3,(H,15,17)/t11-,12-/m1/s1. The molecule has 2 rings (SSSR count). The van der Waals surface area contributed by atoms with Crippen molar-refractivity contribution in [1.29, 1.82) is 0 Å². The van der Waals surface area contributed by atoms with Gasteiger partial charge in [0.1, 0.15) is 0 Å². The second-order valence-electron chi connectivity index (χ2n) is 5.09. The van der Waals surface area contributed by atoms with Gasteiger partial charge in [0.25, 0.3) is 5.03 Å². The molecule has 1 fully saturated rings. The van der Waals surface area contributed by atoms with Crippen LogP contribution in [-0.2, 0) is 4.79 Å². The molecule has 0 aliphatic heterocycles. The highest BCUT2D eigenvalue weighted by Crippen LogP contribution is 2.23. The maximum atomic E-state index is 11.9. The molecule has 1 aromatic rings. The average Bonchev–Trinajstić information content (AvgIpc) is 2.40.